The minimum atomic E-state index is -0.731. The van der Waals surface area contributed by atoms with Crippen molar-refractivity contribution in [3.63, 3.8) is 0 Å². The number of unbranched alkanes of at least 4 members (excludes halogenated alkanes) is 12. The molecule has 2 N–H and O–H groups in total. The zero-order valence-electron chi connectivity index (χ0n) is 15.3. The monoisotopic (exact) mass is 327 g/mol. The highest BCUT2D eigenvalue weighted by atomic mass is 16.6. The third-order valence-corrected chi connectivity index (χ3v) is 4.07. The summed E-state index contributed by atoms with van der Waals surface area (Å²) >= 11 is 0. The van der Waals surface area contributed by atoms with Crippen molar-refractivity contribution < 1.29 is 14.3 Å². The normalized spacial score (nSPS) is 12.1. The van der Waals surface area contributed by atoms with Gasteiger partial charge in [-0.15, -0.1) is 0 Å². The van der Waals surface area contributed by atoms with E-state index in [0.29, 0.717) is 6.42 Å². The van der Waals surface area contributed by atoms with Gasteiger partial charge in [-0.3, -0.25) is 4.79 Å². The first-order valence-electron chi connectivity index (χ1n) is 9.58. The lowest BCUT2D eigenvalue weighted by Crippen LogP contribution is -2.30. The summed E-state index contributed by atoms with van der Waals surface area (Å²) in [5, 5.41) is 0. The van der Waals surface area contributed by atoms with Crippen LogP contribution in [0, 0.1) is 0 Å². The highest BCUT2D eigenvalue weighted by molar-refractivity contribution is 5.87. The first kappa shape index (κ1) is 22.1. The number of rotatable bonds is 15. The Morgan fingerprint density at radius 3 is 1.57 bits per heavy atom. The topological polar surface area (TPSA) is 69.4 Å². The Balaban J connectivity index is 3.21. The Hall–Kier alpha value is -0.900. The Morgan fingerprint density at radius 2 is 1.17 bits per heavy atom. The third kappa shape index (κ3) is 15.8. The number of hydrogen-bond acceptors (Lipinski definition) is 4. The van der Waals surface area contributed by atoms with Crippen molar-refractivity contribution in [1.82, 2.24) is 0 Å². The molecule has 0 rings (SSSR count). The first-order chi connectivity index (χ1) is 11.1. The molecular weight excluding hydrogens is 290 g/mol. The molecule has 0 aromatic rings. The van der Waals surface area contributed by atoms with Crippen LogP contribution >= 0.6 is 0 Å². The maximum Gasteiger partial charge on any atom is 0.330 e. The maximum absolute atomic E-state index is 11.4. The van der Waals surface area contributed by atoms with Crippen LogP contribution in [0.15, 0.2) is 0 Å². The van der Waals surface area contributed by atoms with Crippen LogP contribution in [0.25, 0.3) is 0 Å². The van der Waals surface area contributed by atoms with E-state index in [1.54, 1.807) is 0 Å². The molecule has 0 aliphatic heterocycles. The molecule has 1 atom stereocenters. The number of hydrogen-bond donors (Lipinski definition) is 1. The molecule has 0 fully saturated rings. The molecule has 0 bridgehead atoms. The van der Waals surface area contributed by atoms with Crippen LogP contribution in [0.3, 0.4) is 0 Å². The summed E-state index contributed by atoms with van der Waals surface area (Å²) in [6.45, 7) is 3.77. The number of esters is 2. The lowest BCUT2D eigenvalue weighted by atomic mass is 10.0. The van der Waals surface area contributed by atoms with E-state index in [9.17, 15) is 9.59 Å². The second kappa shape index (κ2) is 16.0. The SMILES string of the molecule is CCCCCCCCCCCCCCCC(=O)OC(=O)[C@@H](C)N. The van der Waals surface area contributed by atoms with Gasteiger partial charge in [0.05, 0.1) is 0 Å². The molecule has 0 aromatic carbocycles. The van der Waals surface area contributed by atoms with Crippen molar-refractivity contribution in [2.45, 2.75) is 110 Å². The molecule has 136 valence electrons. The Kier molecular flexibility index (Phi) is 15.4. The van der Waals surface area contributed by atoms with Gasteiger partial charge in [-0.05, 0) is 13.3 Å². The molecule has 0 saturated heterocycles. The molecule has 23 heavy (non-hydrogen) atoms. The van der Waals surface area contributed by atoms with Gasteiger partial charge in [-0.1, -0.05) is 84.0 Å². The van der Waals surface area contributed by atoms with Crippen LogP contribution in [-0.4, -0.2) is 18.0 Å². The first-order valence-corrected chi connectivity index (χ1v) is 9.58. The van der Waals surface area contributed by atoms with E-state index in [-0.39, 0.29) is 0 Å². The van der Waals surface area contributed by atoms with E-state index in [4.69, 9.17) is 5.73 Å². The van der Waals surface area contributed by atoms with Crippen LogP contribution < -0.4 is 5.73 Å². The lowest BCUT2D eigenvalue weighted by molar-refractivity contribution is -0.160. The summed E-state index contributed by atoms with van der Waals surface area (Å²) < 4.78 is 4.62. The summed E-state index contributed by atoms with van der Waals surface area (Å²) in [4.78, 5) is 22.5. The Labute approximate surface area is 142 Å². The van der Waals surface area contributed by atoms with Crippen LogP contribution in [0.5, 0.6) is 0 Å². The fraction of sp³-hybridized carbons (Fsp3) is 0.895. The molecule has 0 unspecified atom stereocenters. The van der Waals surface area contributed by atoms with Crippen LogP contribution in [0.1, 0.15) is 104 Å². The van der Waals surface area contributed by atoms with Crippen molar-refractivity contribution >= 4 is 11.9 Å². The van der Waals surface area contributed by atoms with Crippen molar-refractivity contribution in [3.05, 3.63) is 0 Å². The predicted molar refractivity (Wildman–Crippen MR) is 95.1 cm³/mol. The lowest BCUT2D eigenvalue weighted by Gasteiger charge is -2.05. The van der Waals surface area contributed by atoms with Gasteiger partial charge in [-0.25, -0.2) is 4.79 Å². The standard InChI is InChI=1S/C19H37NO3/c1-3-4-5-6-7-8-9-10-11-12-13-14-15-16-18(21)23-19(22)17(2)20/h17H,3-16,20H2,1-2H3/t17-/m1/s1. The van der Waals surface area contributed by atoms with Gasteiger partial charge >= 0.3 is 11.9 Å². The van der Waals surface area contributed by atoms with E-state index in [0.717, 1.165) is 19.3 Å². The zero-order chi connectivity index (χ0) is 17.3. The average molecular weight is 328 g/mol. The molecule has 0 aliphatic carbocycles. The summed E-state index contributed by atoms with van der Waals surface area (Å²) in [5.41, 5.74) is 5.33. The summed E-state index contributed by atoms with van der Waals surface area (Å²) in [5.74, 6) is -1.08. The maximum atomic E-state index is 11.4. The predicted octanol–water partition coefficient (Wildman–Crippen LogP) is 4.88. The van der Waals surface area contributed by atoms with Crippen molar-refractivity contribution in [2.75, 3.05) is 0 Å². The molecular formula is C19H37NO3. The fourth-order valence-electron chi connectivity index (χ4n) is 2.54. The molecule has 0 heterocycles. The smallest absolute Gasteiger partial charge is 0.330 e. The minimum Gasteiger partial charge on any atom is -0.392 e. The molecule has 0 saturated carbocycles. The molecule has 0 radical (unpaired) electrons. The number of ether oxygens (including phenoxy) is 1. The van der Waals surface area contributed by atoms with Crippen molar-refractivity contribution in [1.29, 1.82) is 0 Å². The van der Waals surface area contributed by atoms with Crippen molar-refractivity contribution in [2.24, 2.45) is 5.73 Å². The van der Waals surface area contributed by atoms with Gasteiger partial charge in [0.15, 0.2) is 0 Å². The van der Waals surface area contributed by atoms with Crippen molar-refractivity contribution in [3.8, 4) is 0 Å². The van der Waals surface area contributed by atoms with E-state index in [1.807, 2.05) is 0 Å². The Morgan fingerprint density at radius 1 is 0.783 bits per heavy atom. The van der Waals surface area contributed by atoms with Gasteiger partial charge in [0.25, 0.3) is 0 Å². The molecule has 0 aliphatic rings. The molecule has 0 spiro atoms. The highest BCUT2D eigenvalue weighted by Gasteiger charge is 2.13. The fourth-order valence-corrected chi connectivity index (χ4v) is 2.54. The van der Waals surface area contributed by atoms with Gasteiger partial charge < -0.3 is 10.5 Å². The highest BCUT2D eigenvalue weighted by Crippen LogP contribution is 2.13. The number of nitrogens with two attached hydrogens (primary N) is 1. The zero-order valence-corrected chi connectivity index (χ0v) is 15.3. The molecule has 4 heteroatoms. The van der Waals surface area contributed by atoms with E-state index < -0.39 is 18.0 Å². The van der Waals surface area contributed by atoms with E-state index in [2.05, 4.69) is 11.7 Å². The number of carbonyl (C=O) groups is 2. The van der Waals surface area contributed by atoms with Gasteiger partial charge in [0.1, 0.15) is 6.04 Å². The van der Waals surface area contributed by atoms with Gasteiger partial charge in [0, 0.05) is 6.42 Å². The van der Waals surface area contributed by atoms with E-state index >= 15 is 0 Å². The second-order valence-electron chi connectivity index (χ2n) is 6.57. The van der Waals surface area contributed by atoms with Gasteiger partial charge in [-0.2, -0.15) is 0 Å². The summed E-state index contributed by atoms with van der Waals surface area (Å²) in [6, 6.07) is -0.731. The average Bonchev–Trinajstić information content (AvgIpc) is 2.51. The third-order valence-electron chi connectivity index (χ3n) is 4.07. The molecule has 4 nitrogen and oxygen atoms in total. The molecule has 0 aromatic heterocycles. The van der Waals surface area contributed by atoms with E-state index in [1.165, 1.54) is 71.1 Å². The quantitative estimate of drug-likeness (QED) is 0.264. The minimum absolute atomic E-state index is 0.316. The second-order valence-corrected chi connectivity index (χ2v) is 6.57. The van der Waals surface area contributed by atoms with Crippen LogP contribution in [0.2, 0.25) is 0 Å². The van der Waals surface area contributed by atoms with Crippen LogP contribution in [0.4, 0.5) is 0 Å². The molecule has 0 amide bonds. The number of carbonyl (C=O) groups excluding carboxylic acids is 2. The largest absolute Gasteiger partial charge is 0.392 e. The van der Waals surface area contributed by atoms with Gasteiger partial charge in [0.2, 0.25) is 0 Å². The summed E-state index contributed by atoms with van der Waals surface area (Å²) in [6.07, 6.45) is 16.8. The van der Waals surface area contributed by atoms with Crippen LogP contribution in [-0.2, 0) is 14.3 Å². The Bertz CT molecular complexity index is 303. The summed E-state index contributed by atoms with van der Waals surface area (Å²) in [7, 11) is 0.